The van der Waals surface area contributed by atoms with Crippen molar-refractivity contribution in [1.29, 1.82) is 0 Å². The van der Waals surface area contributed by atoms with Gasteiger partial charge in [-0.25, -0.2) is 0 Å². The van der Waals surface area contributed by atoms with Gasteiger partial charge in [0.15, 0.2) is 0 Å². The minimum atomic E-state index is -4.12. The zero-order chi connectivity index (χ0) is 12.8. The van der Waals surface area contributed by atoms with E-state index in [1.165, 1.54) is 25.3 Å². The Morgan fingerprint density at radius 3 is 2.67 bits per heavy atom. The van der Waals surface area contributed by atoms with Gasteiger partial charge in [-0.3, -0.25) is 4.90 Å². The summed E-state index contributed by atoms with van der Waals surface area (Å²) in [6.07, 6.45) is 1.12. The first-order valence-corrected chi connectivity index (χ1v) is 6.77. The predicted molar refractivity (Wildman–Crippen MR) is 63.2 cm³/mol. The van der Waals surface area contributed by atoms with E-state index in [1.807, 2.05) is 0 Å². The summed E-state index contributed by atoms with van der Waals surface area (Å²) in [5.41, 5.74) is -0.343. The molecule has 2 saturated heterocycles. The van der Waals surface area contributed by atoms with Crippen molar-refractivity contribution < 1.29 is 13.2 Å². The molecule has 102 valence electrons. The highest BCUT2D eigenvalue weighted by molar-refractivity contribution is 5.13. The maximum absolute atomic E-state index is 12.5. The second-order valence-corrected chi connectivity index (χ2v) is 5.78. The van der Waals surface area contributed by atoms with E-state index in [0.29, 0.717) is 31.1 Å². The lowest BCUT2D eigenvalue weighted by atomic mass is 9.88. The Morgan fingerprint density at radius 2 is 2.17 bits per heavy atom. The molecule has 3 heterocycles. The Bertz CT molecular complexity index is 351. The third-order valence-corrected chi connectivity index (χ3v) is 4.58. The molecule has 3 rings (SSSR count). The highest BCUT2D eigenvalue weighted by Gasteiger charge is 2.40. The van der Waals surface area contributed by atoms with E-state index in [1.54, 1.807) is 0 Å². The van der Waals surface area contributed by atoms with Gasteiger partial charge in [0, 0.05) is 37.3 Å². The van der Waals surface area contributed by atoms with Crippen molar-refractivity contribution in [2.75, 3.05) is 19.6 Å². The van der Waals surface area contributed by atoms with Crippen LogP contribution in [0.25, 0.3) is 0 Å². The van der Waals surface area contributed by atoms with Crippen molar-refractivity contribution in [3.63, 3.8) is 0 Å². The molecule has 2 bridgehead atoms. The van der Waals surface area contributed by atoms with E-state index >= 15 is 0 Å². The van der Waals surface area contributed by atoms with Gasteiger partial charge in [-0.2, -0.15) is 13.2 Å². The van der Waals surface area contributed by atoms with Crippen LogP contribution in [0.3, 0.4) is 0 Å². The fourth-order valence-electron chi connectivity index (χ4n) is 3.61. The third kappa shape index (κ3) is 2.43. The fraction of sp³-hybridized carbons (Fsp3) is 0.846. The molecule has 0 amide bonds. The summed E-state index contributed by atoms with van der Waals surface area (Å²) in [5, 5.41) is 3.58. The number of alkyl halides is 3. The summed E-state index contributed by atoms with van der Waals surface area (Å²) < 4.78 is 37.5. The van der Waals surface area contributed by atoms with Crippen molar-refractivity contribution in [3.05, 3.63) is 11.6 Å². The van der Waals surface area contributed by atoms with E-state index in [4.69, 9.17) is 0 Å². The van der Waals surface area contributed by atoms with Crippen LogP contribution >= 0.6 is 0 Å². The number of nitrogens with zero attached hydrogens (tertiary/aromatic N) is 1. The monoisotopic (exact) mass is 260 g/mol. The lowest BCUT2D eigenvalue weighted by molar-refractivity contribution is -0.0961. The van der Waals surface area contributed by atoms with Gasteiger partial charge >= 0.3 is 6.18 Å². The number of hydrogen-bond acceptors (Lipinski definition) is 2. The number of hydrogen-bond donors (Lipinski definition) is 1. The molecule has 5 heteroatoms. The molecule has 0 spiro atoms. The van der Waals surface area contributed by atoms with Crippen LogP contribution in [-0.2, 0) is 0 Å². The summed E-state index contributed by atoms with van der Waals surface area (Å²) in [5.74, 6) is 0.643. The maximum atomic E-state index is 12.5. The van der Waals surface area contributed by atoms with Crippen LogP contribution in [0.1, 0.15) is 25.7 Å². The minimum Gasteiger partial charge on any atom is -0.311 e. The van der Waals surface area contributed by atoms with E-state index in [0.717, 1.165) is 6.54 Å². The first-order chi connectivity index (χ1) is 8.52. The van der Waals surface area contributed by atoms with Crippen molar-refractivity contribution in [1.82, 2.24) is 10.2 Å². The fourth-order valence-corrected chi connectivity index (χ4v) is 3.61. The molecule has 3 aliphatic rings. The Hall–Kier alpha value is -0.550. The van der Waals surface area contributed by atoms with Crippen LogP contribution in [0.4, 0.5) is 13.2 Å². The Labute approximate surface area is 105 Å². The molecule has 0 aromatic heterocycles. The molecule has 0 aromatic carbocycles. The number of rotatable bonds is 2. The van der Waals surface area contributed by atoms with Gasteiger partial charge in [0.25, 0.3) is 0 Å². The molecule has 0 aromatic rings. The third-order valence-electron chi connectivity index (χ3n) is 4.58. The average molecular weight is 260 g/mol. The average Bonchev–Trinajstić information content (AvgIpc) is 2.90. The van der Waals surface area contributed by atoms with Crippen molar-refractivity contribution in [3.8, 4) is 0 Å². The standard InChI is InChI=1S/C13H19F3N2/c14-13(15,16)10-3-5-18(6-4-10)8-9-7-11-1-2-12(9)17-11/h3,9,11-12,17H,1-2,4-8H2. The van der Waals surface area contributed by atoms with Crippen molar-refractivity contribution in [2.45, 2.75) is 43.9 Å². The highest BCUT2D eigenvalue weighted by atomic mass is 19.4. The molecular formula is C13H19F3N2. The second kappa shape index (κ2) is 4.53. The van der Waals surface area contributed by atoms with Gasteiger partial charge in [0.2, 0.25) is 0 Å². The zero-order valence-electron chi connectivity index (χ0n) is 10.3. The van der Waals surface area contributed by atoms with Gasteiger partial charge in [-0.05, 0) is 31.6 Å². The molecule has 1 N–H and O–H groups in total. The molecule has 3 atom stereocenters. The maximum Gasteiger partial charge on any atom is 0.412 e. The number of halogens is 3. The van der Waals surface area contributed by atoms with Crippen LogP contribution in [0.15, 0.2) is 11.6 Å². The number of nitrogens with one attached hydrogen (secondary N) is 1. The largest absolute Gasteiger partial charge is 0.412 e. The van der Waals surface area contributed by atoms with Gasteiger partial charge in [0.05, 0.1) is 0 Å². The molecule has 2 nitrogen and oxygen atoms in total. The topological polar surface area (TPSA) is 15.3 Å². The molecule has 0 radical (unpaired) electrons. The van der Waals surface area contributed by atoms with E-state index in [-0.39, 0.29) is 12.0 Å². The van der Waals surface area contributed by atoms with Crippen molar-refractivity contribution >= 4 is 0 Å². The minimum absolute atomic E-state index is 0.151. The van der Waals surface area contributed by atoms with Crippen molar-refractivity contribution in [2.24, 2.45) is 5.92 Å². The predicted octanol–water partition coefficient (Wildman–Crippen LogP) is 2.32. The second-order valence-electron chi connectivity index (χ2n) is 5.78. The Kier molecular flexibility index (Phi) is 3.14. The first-order valence-electron chi connectivity index (χ1n) is 6.77. The lowest BCUT2D eigenvalue weighted by Gasteiger charge is -2.31. The molecule has 0 saturated carbocycles. The number of fused-ring (bicyclic) bond motifs is 2. The van der Waals surface area contributed by atoms with Gasteiger partial charge in [-0.1, -0.05) is 6.08 Å². The first kappa shape index (κ1) is 12.5. The van der Waals surface area contributed by atoms with Gasteiger partial charge < -0.3 is 5.32 Å². The van der Waals surface area contributed by atoms with Gasteiger partial charge in [0.1, 0.15) is 0 Å². The quantitative estimate of drug-likeness (QED) is 0.767. The molecule has 18 heavy (non-hydrogen) atoms. The summed E-state index contributed by atoms with van der Waals surface area (Å²) in [6, 6.07) is 1.29. The SMILES string of the molecule is FC(F)(F)C1=CCN(CC2CC3CCC2N3)CC1. The van der Waals surface area contributed by atoms with E-state index < -0.39 is 6.18 Å². The zero-order valence-corrected chi connectivity index (χ0v) is 10.3. The Balaban J connectivity index is 1.53. The molecule has 0 aliphatic carbocycles. The smallest absolute Gasteiger partial charge is 0.311 e. The lowest BCUT2D eigenvalue weighted by Crippen LogP contribution is -2.38. The van der Waals surface area contributed by atoms with Crippen LogP contribution < -0.4 is 5.32 Å². The van der Waals surface area contributed by atoms with Crippen LogP contribution in [0.5, 0.6) is 0 Å². The molecule has 3 aliphatic heterocycles. The van der Waals surface area contributed by atoms with Gasteiger partial charge in [-0.15, -0.1) is 0 Å². The molecule has 2 fully saturated rings. The van der Waals surface area contributed by atoms with E-state index in [9.17, 15) is 13.2 Å². The van der Waals surface area contributed by atoms with Crippen LogP contribution in [-0.4, -0.2) is 42.8 Å². The van der Waals surface area contributed by atoms with E-state index in [2.05, 4.69) is 10.2 Å². The summed E-state index contributed by atoms with van der Waals surface area (Å²) in [4.78, 5) is 2.17. The summed E-state index contributed by atoms with van der Waals surface area (Å²) in [7, 11) is 0. The summed E-state index contributed by atoms with van der Waals surface area (Å²) in [6.45, 7) is 1.97. The molecule has 3 unspecified atom stereocenters. The molecular weight excluding hydrogens is 241 g/mol. The Morgan fingerprint density at radius 1 is 1.33 bits per heavy atom. The van der Waals surface area contributed by atoms with Crippen LogP contribution in [0.2, 0.25) is 0 Å². The normalized spacial score (nSPS) is 37.1. The van der Waals surface area contributed by atoms with Crippen LogP contribution in [0, 0.1) is 5.92 Å². The summed E-state index contributed by atoms with van der Waals surface area (Å²) >= 11 is 0. The highest BCUT2D eigenvalue weighted by Crippen LogP contribution is 2.35.